The van der Waals surface area contributed by atoms with E-state index in [-0.39, 0.29) is 19.7 Å². The normalized spacial score (nSPS) is 21.1. The SMILES string of the molecule is Cc1cccc2c1n(-c1ccc(B3OC(C)(C)C(C)(C)O3)cc1)c(=O)n2CC(=O)N1CCOC(C(F)(F)F)C1. The summed E-state index contributed by atoms with van der Waals surface area (Å²) in [5, 5.41) is 0. The third-order valence-electron chi connectivity index (χ3n) is 7.91. The second-order valence-corrected chi connectivity index (χ2v) is 11.1. The molecule has 1 atom stereocenters. The molecule has 1 amide bonds. The third-order valence-corrected chi connectivity index (χ3v) is 7.91. The van der Waals surface area contributed by atoms with Gasteiger partial charge in [0.15, 0.2) is 6.10 Å². The number of nitrogens with zero attached hydrogens (tertiary/aromatic N) is 3. The predicted octanol–water partition coefficient (Wildman–Crippen LogP) is 3.19. The van der Waals surface area contributed by atoms with Crippen LogP contribution in [0.25, 0.3) is 16.7 Å². The molecule has 2 aliphatic rings. The lowest BCUT2D eigenvalue weighted by molar-refractivity contribution is -0.236. The molecule has 1 aromatic heterocycles. The van der Waals surface area contributed by atoms with E-state index in [0.717, 1.165) is 15.9 Å². The van der Waals surface area contributed by atoms with Gasteiger partial charge < -0.3 is 18.9 Å². The number of halogens is 3. The number of morpholine rings is 1. The number of carbonyl (C=O) groups is 1. The minimum atomic E-state index is -4.57. The first-order chi connectivity index (χ1) is 18.2. The Hall–Kier alpha value is -3.09. The summed E-state index contributed by atoms with van der Waals surface area (Å²) < 4.78 is 59.4. The van der Waals surface area contributed by atoms with E-state index >= 15 is 0 Å². The first-order valence-corrected chi connectivity index (χ1v) is 12.8. The van der Waals surface area contributed by atoms with Crippen molar-refractivity contribution in [2.24, 2.45) is 0 Å². The summed E-state index contributed by atoms with van der Waals surface area (Å²) in [6.45, 7) is 8.57. The molecule has 1 unspecified atom stereocenters. The zero-order valence-corrected chi connectivity index (χ0v) is 22.5. The van der Waals surface area contributed by atoms with Gasteiger partial charge in [0.1, 0.15) is 6.54 Å². The van der Waals surface area contributed by atoms with Crippen LogP contribution in [-0.4, -0.2) is 70.2 Å². The highest BCUT2D eigenvalue weighted by Gasteiger charge is 2.51. The Bertz CT molecular complexity index is 1450. The number of hydrogen-bond donors (Lipinski definition) is 0. The molecule has 2 saturated heterocycles. The van der Waals surface area contributed by atoms with Gasteiger partial charge in [-0.15, -0.1) is 0 Å². The lowest BCUT2D eigenvalue weighted by atomic mass is 9.79. The maximum Gasteiger partial charge on any atom is 0.494 e. The summed E-state index contributed by atoms with van der Waals surface area (Å²) in [6.07, 6.45) is -6.62. The van der Waals surface area contributed by atoms with Gasteiger partial charge in [-0.3, -0.25) is 13.9 Å². The fourth-order valence-electron chi connectivity index (χ4n) is 4.93. The molecule has 0 saturated carbocycles. The molecule has 8 nitrogen and oxygen atoms in total. The summed E-state index contributed by atoms with van der Waals surface area (Å²) in [5.74, 6) is -0.577. The summed E-state index contributed by atoms with van der Waals surface area (Å²) in [7, 11) is -0.560. The largest absolute Gasteiger partial charge is 0.494 e. The van der Waals surface area contributed by atoms with Crippen LogP contribution < -0.4 is 11.2 Å². The molecule has 0 radical (unpaired) electrons. The van der Waals surface area contributed by atoms with Gasteiger partial charge in [-0.1, -0.05) is 24.3 Å². The maximum atomic E-state index is 13.7. The number of benzene rings is 2. The molecule has 0 spiro atoms. The number of carbonyl (C=O) groups excluding carboxylic acids is 1. The lowest BCUT2D eigenvalue weighted by Crippen LogP contribution is -2.52. The number of aromatic nitrogens is 2. The van der Waals surface area contributed by atoms with Crippen LogP contribution in [0, 0.1) is 6.92 Å². The fraction of sp³-hybridized carbons (Fsp3) is 0.481. The highest BCUT2D eigenvalue weighted by atomic mass is 19.4. The third kappa shape index (κ3) is 4.89. The van der Waals surface area contributed by atoms with E-state index in [1.54, 1.807) is 24.3 Å². The molecule has 0 aliphatic carbocycles. The van der Waals surface area contributed by atoms with Crippen molar-refractivity contribution in [1.82, 2.24) is 14.0 Å². The van der Waals surface area contributed by atoms with Crippen LogP contribution in [0.15, 0.2) is 47.3 Å². The minimum Gasteiger partial charge on any atom is -0.399 e. The average Bonchev–Trinajstić information content (AvgIpc) is 3.27. The molecule has 5 rings (SSSR count). The molecular formula is C27H31BF3N3O5. The standard InChI is InChI=1S/C27H31BF3N3O5/c1-17-7-6-8-20-23(17)34(19-11-9-18(10-12-19)28-38-25(2,3)26(4,5)39-28)24(36)33(20)16-22(35)32-13-14-37-21(15-32)27(29,30)31/h6-12,21H,13-16H2,1-5H3. The van der Waals surface area contributed by atoms with E-state index in [9.17, 15) is 22.8 Å². The Morgan fingerprint density at radius 3 is 2.31 bits per heavy atom. The van der Waals surface area contributed by atoms with Crippen molar-refractivity contribution in [3.63, 3.8) is 0 Å². The second kappa shape index (κ2) is 9.53. The first-order valence-electron chi connectivity index (χ1n) is 12.8. The molecule has 0 bridgehead atoms. The van der Waals surface area contributed by atoms with Crippen molar-refractivity contribution < 1.29 is 32.0 Å². The van der Waals surface area contributed by atoms with Crippen molar-refractivity contribution >= 4 is 29.5 Å². The van der Waals surface area contributed by atoms with E-state index in [4.69, 9.17) is 14.0 Å². The topological polar surface area (TPSA) is 74.9 Å². The van der Waals surface area contributed by atoms with Crippen LogP contribution in [0.2, 0.25) is 0 Å². The number of fused-ring (bicyclic) bond motifs is 1. The monoisotopic (exact) mass is 545 g/mol. The smallest absolute Gasteiger partial charge is 0.399 e. The fourth-order valence-corrected chi connectivity index (χ4v) is 4.93. The second-order valence-electron chi connectivity index (χ2n) is 11.1. The molecule has 3 aromatic rings. The molecule has 2 aromatic carbocycles. The van der Waals surface area contributed by atoms with Gasteiger partial charge in [0.05, 0.1) is 41.1 Å². The number of alkyl halides is 3. The molecule has 3 heterocycles. The average molecular weight is 545 g/mol. The van der Waals surface area contributed by atoms with Crippen molar-refractivity contribution in [3.8, 4) is 5.69 Å². The predicted molar refractivity (Wildman–Crippen MR) is 140 cm³/mol. The van der Waals surface area contributed by atoms with E-state index in [1.807, 2.05) is 52.8 Å². The number of amides is 1. The van der Waals surface area contributed by atoms with Crippen LogP contribution in [0.5, 0.6) is 0 Å². The Morgan fingerprint density at radius 1 is 1.05 bits per heavy atom. The molecule has 2 fully saturated rings. The summed E-state index contributed by atoms with van der Waals surface area (Å²) in [4.78, 5) is 27.9. The van der Waals surface area contributed by atoms with Gasteiger partial charge in [0, 0.05) is 6.54 Å². The van der Waals surface area contributed by atoms with Crippen molar-refractivity contribution in [2.75, 3.05) is 19.7 Å². The number of aryl methyl sites for hydroxylation is 1. The zero-order valence-electron chi connectivity index (χ0n) is 22.5. The maximum absolute atomic E-state index is 13.7. The number of rotatable bonds is 4. The van der Waals surface area contributed by atoms with Crippen LogP contribution in [0.4, 0.5) is 13.2 Å². The van der Waals surface area contributed by atoms with E-state index in [0.29, 0.717) is 16.7 Å². The summed E-state index contributed by atoms with van der Waals surface area (Å²) >= 11 is 0. The highest BCUT2D eigenvalue weighted by Crippen LogP contribution is 2.36. The van der Waals surface area contributed by atoms with Crippen molar-refractivity contribution in [2.45, 2.75) is 64.6 Å². The summed E-state index contributed by atoms with van der Waals surface area (Å²) in [6, 6.07) is 12.6. The molecule has 0 N–H and O–H groups in total. The van der Waals surface area contributed by atoms with Crippen LogP contribution >= 0.6 is 0 Å². The van der Waals surface area contributed by atoms with Crippen molar-refractivity contribution in [3.05, 3.63) is 58.5 Å². The van der Waals surface area contributed by atoms with Gasteiger partial charge >= 0.3 is 19.0 Å². The molecule has 2 aliphatic heterocycles. The van der Waals surface area contributed by atoms with Gasteiger partial charge in [-0.2, -0.15) is 13.2 Å². The van der Waals surface area contributed by atoms with Gasteiger partial charge in [-0.05, 0) is 63.8 Å². The Labute approximate surface area is 224 Å². The van der Waals surface area contributed by atoms with Gasteiger partial charge in [0.2, 0.25) is 5.91 Å². The Kier molecular flexibility index (Phi) is 6.72. The quantitative estimate of drug-likeness (QED) is 0.471. The van der Waals surface area contributed by atoms with Crippen molar-refractivity contribution in [1.29, 1.82) is 0 Å². The number of imidazole rings is 1. The first kappa shape index (κ1) is 27.5. The minimum absolute atomic E-state index is 0.0260. The van der Waals surface area contributed by atoms with E-state index < -0.39 is 48.7 Å². The lowest BCUT2D eigenvalue weighted by Gasteiger charge is -2.33. The van der Waals surface area contributed by atoms with Crippen LogP contribution in [-0.2, 0) is 25.4 Å². The van der Waals surface area contributed by atoms with Gasteiger partial charge in [0.25, 0.3) is 0 Å². The number of ether oxygens (including phenoxy) is 1. The number of para-hydroxylation sites is 1. The van der Waals surface area contributed by atoms with E-state index in [1.165, 1.54) is 9.13 Å². The summed E-state index contributed by atoms with van der Waals surface area (Å²) in [5.41, 5.74) is 1.88. The van der Waals surface area contributed by atoms with Crippen LogP contribution in [0.3, 0.4) is 0 Å². The molecular weight excluding hydrogens is 514 g/mol. The van der Waals surface area contributed by atoms with Gasteiger partial charge in [-0.25, -0.2) is 4.79 Å². The molecule has 208 valence electrons. The van der Waals surface area contributed by atoms with E-state index in [2.05, 4.69) is 0 Å². The molecule has 39 heavy (non-hydrogen) atoms. The zero-order chi connectivity index (χ0) is 28.3. The highest BCUT2D eigenvalue weighted by molar-refractivity contribution is 6.62. The Morgan fingerprint density at radius 2 is 1.69 bits per heavy atom. The number of hydrogen-bond acceptors (Lipinski definition) is 5. The molecule has 12 heteroatoms. The Balaban J connectivity index is 1.47. The van der Waals surface area contributed by atoms with Crippen LogP contribution in [0.1, 0.15) is 33.3 Å².